The molecule has 5 nitrogen and oxygen atoms in total. The molecule has 1 heterocycles. The lowest BCUT2D eigenvalue weighted by atomic mass is 10.0. The molecule has 1 saturated heterocycles. The largest absolute Gasteiger partial charge is 0.349 e. The molecule has 1 rings (SSSR count). The maximum Gasteiger partial charge on any atom is 0.234 e. The van der Waals surface area contributed by atoms with Gasteiger partial charge in [-0.15, -0.1) is 6.42 Å². The van der Waals surface area contributed by atoms with Gasteiger partial charge in [0.2, 0.25) is 5.91 Å². The second-order valence-electron chi connectivity index (χ2n) is 4.26. The highest BCUT2D eigenvalue weighted by Crippen LogP contribution is 2.22. The molecule has 0 aromatic heterocycles. The predicted molar refractivity (Wildman–Crippen MR) is 61.5 cm³/mol. The van der Waals surface area contributed by atoms with Gasteiger partial charge in [-0.2, -0.15) is 0 Å². The molecule has 0 aromatic rings. The van der Waals surface area contributed by atoms with Crippen molar-refractivity contribution in [1.82, 2.24) is 10.6 Å². The molecule has 0 saturated carbocycles. The van der Waals surface area contributed by atoms with Crippen LogP contribution in [0.5, 0.6) is 0 Å². The number of rotatable bonds is 4. The van der Waals surface area contributed by atoms with Crippen LogP contribution in [0.2, 0.25) is 0 Å². The topological polar surface area (TPSA) is 75.3 Å². The third kappa shape index (κ3) is 3.83. The molecule has 0 aromatic carbocycles. The SMILES string of the molecule is C#CCNCC(=O)NC1(C)CCS(=O)(=O)C1. The van der Waals surface area contributed by atoms with E-state index in [0.717, 1.165) is 0 Å². The van der Waals surface area contributed by atoms with Crippen molar-refractivity contribution >= 4 is 15.7 Å². The Hall–Kier alpha value is -1.06. The number of sulfone groups is 1. The molecular formula is C10H16N2O3S. The number of carbonyl (C=O) groups is 1. The highest BCUT2D eigenvalue weighted by atomic mass is 32.2. The molecule has 16 heavy (non-hydrogen) atoms. The van der Waals surface area contributed by atoms with Gasteiger partial charge >= 0.3 is 0 Å². The van der Waals surface area contributed by atoms with Crippen LogP contribution < -0.4 is 10.6 Å². The van der Waals surface area contributed by atoms with Gasteiger partial charge in [0.25, 0.3) is 0 Å². The summed E-state index contributed by atoms with van der Waals surface area (Å²) in [6, 6.07) is 0. The van der Waals surface area contributed by atoms with Gasteiger partial charge in [-0.25, -0.2) is 8.42 Å². The van der Waals surface area contributed by atoms with E-state index in [4.69, 9.17) is 6.42 Å². The van der Waals surface area contributed by atoms with Crippen molar-refractivity contribution in [2.45, 2.75) is 18.9 Å². The molecule has 6 heteroatoms. The molecular weight excluding hydrogens is 228 g/mol. The summed E-state index contributed by atoms with van der Waals surface area (Å²) in [6.45, 7) is 2.18. The van der Waals surface area contributed by atoms with Crippen LogP contribution in [0.4, 0.5) is 0 Å². The van der Waals surface area contributed by atoms with Gasteiger partial charge in [0, 0.05) is 0 Å². The number of carbonyl (C=O) groups excluding carboxylic acids is 1. The first kappa shape index (κ1) is 13.0. The van der Waals surface area contributed by atoms with Gasteiger partial charge in [0.05, 0.1) is 30.1 Å². The standard InChI is InChI=1S/C10H16N2O3S/c1-3-5-11-7-9(13)12-10(2)4-6-16(14,15)8-10/h1,11H,4-8H2,2H3,(H,12,13). The van der Waals surface area contributed by atoms with E-state index >= 15 is 0 Å². The summed E-state index contributed by atoms with van der Waals surface area (Å²) in [5.74, 6) is 2.28. The highest BCUT2D eigenvalue weighted by Gasteiger charge is 2.39. The van der Waals surface area contributed by atoms with Crippen molar-refractivity contribution < 1.29 is 13.2 Å². The van der Waals surface area contributed by atoms with Gasteiger partial charge in [0.15, 0.2) is 9.84 Å². The van der Waals surface area contributed by atoms with Gasteiger partial charge in [-0.1, -0.05) is 5.92 Å². The van der Waals surface area contributed by atoms with Crippen LogP contribution in [0.15, 0.2) is 0 Å². The zero-order valence-corrected chi connectivity index (χ0v) is 10.1. The molecule has 0 spiro atoms. The minimum atomic E-state index is -2.99. The van der Waals surface area contributed by atoms with Crippen molar-refractivity contribution in [1.29, 1.82) is 0 Å². The highest BCUT2D eigenvalue weighted by molar-refractivity contribution is 7.91. The monoisotopic (exact) mass is 244 g/mol. The third-order valence-corrected chi connectivity index (χ3v) is 4.36. The molecule has 1 unspecified atom stereocenters. The number of hydrogen-bond acceptors (Lipinski definition) is 4. The van der Waals surface area contributed by atoms with Crippen LogP contribution in [0.1, 0.15) is 13.3 Å². The van der Waals surface area contributed by atoms with Crippen molar-refractivity contribution in [3.05, 3.63) is 0 Å². The Morgan fingerprint density at radius 1 is 1.56 bits per heavy atom. The van der Waals surface area contributed by atoms with Crippen LogP contribution in [0.25, 0.3) is 0 Å². The van der Waals surface area contributed by atoms with Gasteiger partial charge in [-0.3, -0.25) is 10.1 Å². The Labute approximate surface area is 95.9 Å². The van der Waals surface area contributed by atoms with Crippen LogP contribution in [-0.2, 0) is 14.6 Å². The third-order valence-electron chi connectivity index (χ3n) is 2.46. The fourth-order valence-electron chi connectivity index (χ4n) is 1.74. The molecule has 1 aliphatic heterocycles. The first-order valence-electron chi connectivity index (χ1n) is 5.02. The van der Waals surface area contributed by atoms with Crippen LogP contribution in [0, 0.1) is 12.3 Å². The molecule has 0 aliphatic carbocycles. The molecule has 1 aliphatic rings. The van der Waals surface area contributed by atoms with E-state index < -0.39 is 15.4 Å². The quantitative estimate of drug-likeness (QED) is 0.486. The van der Waals surface area contributed by atoms with Gasteiger partial charge < -0.3 is 5.32 Å². The van der Waals surface area contributed by atoms with Gasteiger partial charge in [-0.05, 0) is 13.3 Å². The average Bonchev–Trinajstić information content (AvgIpc) is 2.40. The molecule has 1 amide bonds. The zero-order chi connectivity index (χ0) is 12.2. The van der Waals surface area contributed by atoms with E-state index in [1.807, 2.05) is 0 Å². The Kier molecular flexibility index (Phi) is 3.94. The summed E-state index contributed by atoms with van der Waals surface area (Å²) in [5, 5.41) is 5.47. The predicted octanol–water partition coefficient (Wildman–Crippen LogP) is -1.10. The number of terminal acetylenes is 1. The summed E-state index contributed by atoms with van der Waals surface area (Å²) in [4.78, 5) is 11.5. The average molecular weight is 244 g/mol. The van der Waals surface area contributed by atoms with Crippen molar-refractivity contribution in [2.75, 3.05) is 24.6 Å². The Bertz CT molecular complexity index is 410. The maximum absolute atomic E-state index is 11.5. The summed E-state index contributed by atoms with van der Waals surface area (Å²) < 4.78 is 22.6. The number of nitrogens with one attached hydrogen (secondary N) is 2. The number of amides is 1. The summed E-state index contributed by atoms with van der Waals surface area (Å²) >= 11 is 0. The normalized spacial score (nSPS) is 27.2. The second kappa shape index (κ2) is 4.85. The number of hydrogen-bond donors (Lipinski definition) is 2. The van der Waals surface area contributed by atoms with Gasteiger partial charge in [0.1, 0.15) is 0 Å². The molecule has 0 bridgehead atoms. The lowest BCUT2D eigenvalue weighted by Crippen LogP contribution is -2.49. The minimum Gasteiger partial charge on any atom is -0.349 e. The smallest absolute Gasteiger partial charge is 0.234 e. The van der Waals surface area contributed by atoms with E-state index in [0.29, 0.717) is 13.0 Å². The van der Waals surface area contributed by atoms with Crippen molar-refractivity contribution in [3.8, 4) is 12.3 Å². The van der Waals surface area contributed by atoms with Crippen LogP contribution >= 0.6 is 0 Å². The summed E-state index contributed by atoms with van der Waals surface area (Å²) in [6.07, 6.45) is 5.48. The molecule has 1 atom stereocenters. The van der Waals surface area contributed by atoms with Crippen molar-refractivity contribution in [2.24, 2.45) is 0 Å². The first-order chi connectivity index (χ1) is 7.37. The fourth-order valence-corrected chi connectivity index (χ4v) is 3.83. The first-order valence-corrected chi connectivity index (χ1v) is 6.85. The van der Waals surface area contributed by atoms with E-state index in [-0.39, 0.29) is 24.0 Å². The zero-order valence-electron chi connectivity index (χ0n) is 9.25. The molecule has 0 radical (unpaired) electrons. The minimum absolute atomic E-state index is 0.0148. The van der Waals surface area contributed by atoms with Crippen LogP contribution in [0.3, 0.4) is 0 Å². The fraction of sp³-hybridized carbons (Fsp3) is 0.700. The van der Waals surface area contributed by atoms with E-state index in [9.17, 15) is 13.2 Å². The maximum atomic E-state index is 11.5. The Balaban J connectivity index is 2.43. The molecule has 90 valence electrons. The molecule has 1 fully saturated rings. The summed E-state index contributed by atoms with van der Waals surface area (Å²) in [5.41, 5.74) is -0.631. The van der Waals surface area contributed by atoms with Crippen LogP contribution in [-0.4, -0.2) is 44.5 Å². The lowest BCUT2D eigenvalue weighted by Gasteiger charge is -2.23. The second-order valence-corrected chi connectivity index (χ2v) is 6.44. The van der Waals surface area contributed by atoms with E-state index in [1.165, 1.54) is 0 Å². The summed E-state index contributed by atoms with van der Waals surface area (Å²) in [7, 11) is -2.99. The van der Waals surface area contributed by atoms with E-state index in [2.05, 4.69) is 16.6 Å². The van der Waals surface area contributed by atoms with Crippen molar-refractivity contribution in [3.63, 3.8) is 0 Å². The lowest BCUT2D eigenvalue weighted by molar-refractivity contribution is -0.121. The Morgan fingerprint density at radius 2 is 2.25 bits per heavy atom. The van der Waals surface area contributed by atoms with E-state index in [1.54, 1.807) is 6.92 Å². The Morgan fingerprint density at radius 3 is 2.75 bits per heavy atom. The molecule has 2 N–H and O–H groups in total.